The maximum Gasteiger partial charge on any atom is 0.323 e. The Hall–Kier alpha value is -0.610. The summed E-state index contributed by atoms with van der Waals surface area (Å²) in [5, 5.41) is 0. The third-order valence-electron chi connectivity index (χ3n) is 4.76. The van der Waals surface area contributed by atoms with Crippen molar-refractivity contribution in [3.05, 3.63) is 0 Å². The Morgan fingerprint density at radius 2 is 1.89 bits per heavy atom. The highest BCUT2D eigenvalue weighted by molar-refractivity contribution is 5.75. The Kier molecular flexibility index (Phi) is 5.64. The van der Waals surface area contributed by atoms with E-state index in [1.54, 1.807) is 0 Å². The highest BCUT2D eigenvalue weighted by atomic mass is 16.5. The molecule has 0 amide bonds. The number of hydrogen-bond donors (Lipinski definition) is 0. The van der Waals surface area contributed by atoms with Gasteiger partial charge in [-0.2, -0.15) is 0 Å². The number of esters is 1. The highest BCUT2D eigenvalue weighted by Crippen LogP contribution is 2.22. The fraction of sp³-hybridized carbons (Fsp3) is 0.933. The van der Waals surface area contributed by atoms with Gasteiger partial charge in [-0.15, -0.1) is 0 Å². The second-order valence-corrected chi connectivity index (χ2v) is 5.99. The van der Waals surface area contributed by atoms with E-state index in [0.717, 1.165) is 25.9 Å². The molecule has 4 heteroatoms. The molecule has 0 radical (unpaired) electrons. The minimum Gasteiger partial charge on any atom is -0.468 e. The molecule has 0 bridgehead atoms. The van der Waals surface area contributed by atoms with E-state index in [9.17, 15) is 4.79 Å². The summed E-state index contributed by atoms with van der Waals surface area (Å²) in [6, 6.07) is 0.710. The van der Waals surface area contributed by atoms with Crippen LogP contribution in [0, 0.1) is 0 Å². The lowest BCUT2D eigenvalue weighted by Crippen LogP contribution is -2.47. The van der Waals surface area contributed by atoms with Crippen molar-refractivity contribution in [3.8, 4) is 0 Å². The maximum absolute atomic E-state index is 11.8. The lowest BCUT2D eigenvalue weighted by Gasteiger charge is -2.37. The Bertz CT molecular complexity index is 296. The number of carbonyl (C=O) groups excluding carboxylic acids is 1. The number of methoxy groups -OCH3 is 1. The van der Waals surface area contributed by atoms with E-state index in [1.165, 1.54) is 45.8 Å². The van der Waals surface area contributed by atoms with Gasteiger partial charge in [0.05, 0.1) is 7.11 Å². The first kappa shape index (κ1) is 14.8. The predicted octanol–water partition coefficient (Wildman–Crippen LogP) is 1.89. The van der Waals surface area contributed by atoms with Crippen LogP contribution in [0.1, 0.15) is 44.9 Å². The molecule has 2 aliphatic heterocycles. The van der Waals surface area contributed by atoms with Crippen LogP contribution >= 0.6 is 0 Å². The van der Waals surface area contributed by atoms with Gasteiger partial charge in [0.1, 0.15) is 6.04 Å². The summed E-state index contributed by atoms with van der Waals surface area (Å²) in [4.78, 5) is 16.7. The zero-order chi connectivity index (χ0) is 13.7. The molecule has 2 unspecified atom stereocenters. The number of piperidine rings is 2. The molecular weight excluding hydrogens is 240 g/mol. The van der Waals surface area contributed by atoms with Crippen LogP contribution in [-0.2, 0) is 9.53 Å². The normalized spacial score (nSPS) is 30.2. The second-order valence-electron chi connectivity index (χ2n) is 5.99. The molecule has 110 valence electrons. The fourth-order valence-electron chi connectivity index (χ4n) is 3.49. The topological polar surface area (TPSA) is 32.8 Å². The van der Waals surface area contributed by atoms with Crippen molar-refractivity contribution in [1.29, 1.82) is 0 Å². The zero-order valence-corrected chi connectivity index (χ0v) is 12.4. The number of ether oxygens (including phenoxy) is 1. The Balaban J connectivity index is 1.83. The van der Waals surface area contributed by atoms with E-state index in [0.29, 0.717) is 6.04 Å². The van der Waals surface area contributed by atoms with E-state index in [4.69, 9.17) is 4.74 Å². The monoisotopic (exact) mass is 268 g/mol. The van der Waals surface area contributed by atoms with Crippen LogP contribution < -0.4 is 0 Å². The lowest BCUT2D eigenvalue weighted by atomic mass is 9.97. The molecular formula is C15H28N2O2. The molecule has 0 aromatic rings. The summed E-state index contributed by atoms with van der Waals surface area (Å²) < 4.78 is 4.94. The molecule has 2 aliphatic rings. The first-order valence-corrected chi connectivity index (χ1v) is 7.74. The lowest BCUT2D eigenvalue weighted by molar-refractivity contribution is -0.148. The standard InChI is InChI=1S/C15H28N2O2/c1-16-10-5-3-7-13(16)9-12-17-11-6-4-8-14(17)15(18)19-2/h13-14H,3-12H2,1-2H3. The van der Waals surface area contributed by atoms with Crippen LogP contribution in [-0.4, -0.2) is 61.6 Å². The SMILES string of the molecule is COC(=O)C1CCCCN1CCC1CCCCN1C. The molecule has 0 aromatic heterocycles. The van der Waals surface area contributed by atoms with Crippen molar-refractivity contribution >= 4 is 5.97 Å². The highest BCUT2D eigenvalue weighted by Gasteiger charge is 2.30. The van der Waals surface area contributed by atoms with Gasteiger partial charge in [-0.3, -0.25) is 9.69 Å². The summed E-state index contributed by atoms with van der Waals surface area (Å²) >= 11 is 0. The molecule has 4 nitrogen and oxygen atoms in total. The van der Waals surface area contributed by atoms with E-state index in [-0.39, 0.29) is 12.0 Å². The summed E-state index contributed by atoms with van der Waals surface area (Å²) in [7, 11) is 3.74. The van der Waals surface area contributed by atoms with Crippen LogP contribution in [0.15, 0.2) is 0 Å². The third kappa shape index (κ3) is 3.93. The molecule has 0 N–H and O–H groups in total. The van der Waals surface area contributed by atoms with E-state index >= 15 is 0 Å². The average Bonchev–Trinajstić information content (AvgIpc) is 2.46. The molecule has 0 spiro atoms. The molecule has 2 heterocycles. The molecule has 2 fully saturated rings. The maximum atomic E-state index is 11.8. The van der Waals surface area contributed by atoms with E-state index in [1.807, 2.05) is 0 Å². The van der Waals surface area contributed by atoms with Crippen LogP contribution in [0.5, 0.6) is 0 Å². The first-order valence-electron chi connectivity index (χ1n) is 7.74. The molecule has 2 saturated heterocycles. The van der Waals surface area contributed by atoms with Crippen molar-refractivity contribution in [1.82, 2.24) is 9.80 Å². The van der Waals surface area contributed by atoms with Crippen molar-refractivity contribution in [2.75, 3.05) is 33.8 Å². The minimum atomic E-state index is -0.0447. The third-order valence-corrected chi connectivity index (χ3v) is 4.76. The summed E-state index contributed by atoms with van der Waals surface area (Å²) in [6.45, 7) is 3.32. The molecule has 2 atom stereocenters. The van der Waals surface area contributed by atoms with Gasteiger partial charge in [-0.1, -0.05) is 12.8 Å². The molecule has 19 heavy (non-hydrogen) atoms. The van der Waals surface area contributed by atoms with Crippen LogP contribution in [0.3, 0.4) is 0 Å². The fourth-order valence-corrected chi connectivity index (χ4v) is 3.49. The van der Waals surface area contributed by atoms with Gasteiger partial charge in [-0.05, 0) is 52.2 Å². The van der Waals surface area contributed by atoms with E-state index < -0.39 is 0 Å². The smallest absolute Gasteiger partial charge is 0.323 e. The van der Waals surface area contributed by atoms with Crippen molar-refractivity contribution in [2.45, 2.75) is 57.0 Å². The van der Waals surface area contributed by atoms with Gasteiger partial charge in [0.2, 0.25) is 0 Å². The van der Waals surface area contributed by atoms with Crippen molar-refractivity contribution < 1.29 is 9.53 Å². The summed E-state index contributed by atoms with van der Waals surface area (Å²) in [6.07, 6.45) is 8.52. The predicted molar refractivity (Wildman–Crippen MR) is 76.1 cm³/mol. The van der Waals surface area contributed by atoms with Crippen molar-refractivity contribution in [3.63, 3.8) is 0 Å². The van der Waals surface area contributed by atoms with Crippen LogP contribution in [0.2, 0.25) is 0 Å². The van der Waals surface area contributed by atoms with Gasteiger partial charge < -0.3 is 9.64 Å². The molecule has 2 rings (SSSR count). The summed E-state index contributed by atoms with van der Waals surface area (Å²) in [5.74, 6) is -0.0447. The molecule has 0 aliphatic carbocycles. The van der Waals surface area contributed by atoms with Crippen molar-refractivity contribution in [2.24, 2.45) is 0 Å². The number of carbonyl (C=O) groups is 1. The Labute approximate surface area is 117 Å². The average molecular weight is 268 g/mol. The number of hydrogen-bond acceptors (Lipinski definition) is 4. The Morgan fingerprint density at radius 1 is 1.16 bits per heavy atom. The number of likely N-dealkylation sites (tertiary alicyclic amines) is 2. The largest absolute Gasteiger partial charge is 0.468 e. The second kappa shape index (κ2) is 7.25. The minimum absolute atomic E-state index is 0.00708. The van der Waals surface area contributed by atoms with Crippen LogP contribution in [0.25, 0.3) is 0 Å². The van der Waals surface area contributed by atoms with Gasteiger partial charge >= 0.3 is 5.97 Å². The van der Waals surface area contributed by atoms with Gasteiger partial charge in [0.15, 0.2) is 0 Å². The van der Waals surface area contributed by atoms with Crippen LogP contribution in [0.4, 0.5) is 0 Å². The quantitative estimate of drug-likeness (QED) is 0.729. The number of rotatable bonds is 4. The summed E-state index contributed by atoms with van der Waals surface area (Å²) in [5.41, 5.74) is 0. The van der Waals surface area contributed by atoms with Gasteiger partial charge in [0.25, 0.3) is 0 Å². The Morgan fingerprint density at radius 3 is 2.63 bits per heavy atom. The van der Waals surface area contributed by atoms with E-state index in [2.05, 4.69) is 16.8 Å². The first-order chi connectivity index (χ1) is 9.22. The zero-order valence-electron chi connectivity index (χ0n) is 12.4. The molecule has 0 aromatic carbocycles. The number of nitrogens with zero attached hydrogens (tertiary/aromatic N) is 2. The molecule has 0 saturated carbocycles. The van der Waals surface area contributed by atoms with Gasteiger partial charge in [-0.25, -0.2) is 0 Å². The van der Waals surface area contributed by atoms with Gasteiger partial charge in [0, 0.05) is 12.6 Å².